The molecule has 1 aromatic heterocycles. The van der Waals surface area contributed by atoms with Gasteiger partial charge in [-0.3, -0.25) is 4.98 Å². The zero-order chi connectivity index (χ0) is 22.6. The maximum atomic E-state index is 4.94. The van der Waals surface area contributed by atoms with Crippen molar-refractivity contribution in [3.05, 3.63) is 90.7 Å². The fraction of sp³-hybridized carbons (Fsp3) is 0.231. The summed E-state index contributed by atoms with van der Waals surface area (Å²) in [7, 11) is 2.11. The minimum Gasteiger partial charge on any atom is -0.383 e. The van der Waals surface area contributed by atoms with Crippen LogP contribution in [0.3, 0.4) is 0 Å². The molecule has 0 bridgehead atoms. The number of nitrogens with one attached hydrogen (secondary N) is 2. The molecule has 3 aromatic rings. The molecule has 0 radical (unpaired) electrons. The topological polar surface area (TPSA) is 43.4 Å². The largest absolute Gasteiger partial charge is 0.383 e. The molecule has 0 fully saturated rings. The summed E-state index contributed by atoms with van der Waals surface area (Å²) in [5, 5.41) is 12.4. The highest BCUT2D eigenvalue weighted by molar-refractivity contribution is 7.78. The van der Waals surface area contributed by atoms with Crippen LogP contribution in [-0.4, -0.2) is 53.7 Å². The first-order valence-corrected chi connectivity index (χ1v) is 11.3. The third kappa shape index (κ3) is 6.39. The highest BCUT2D eigenvalue weighted by Gasteiger charge is 2.15. The summed E-state index contributed by atoms with van der Waals surface area (Å²) in [5.74, 6) is 0. The van der Waals surface area contributed by atoms with Crippen molar-refractivity contribution in [3.63, 3.8) is 0 Å². The molecule has 0 aliphatic carbocycles. The van der Waals surface area contributed by atoms with Gasteiger partial charge in [0.1, 0.15) is 0 Å². The molecule has 0 aliphatic rings. The second kappa shape index (κ2) is 12.6. The van der Waals surface area contributed by atoms with Crippen LogP contribution < -0.4 is 10.6 Å². The summed E-state index contributed by atoms with van der Waals surface area (Å²) in [5.41, 5.74) is 5.99. The van der Waals surface area contributed by atoms with Gasteiger partial charge in [-0.2, -0.15) is 0 Å². The Morgan fingerprint density at radius 1 is 1.00 bits per heavy atom. The zero-order valence-electron chi connectivity index (χ0n) is 18.7. The van der Waals surface area contributed by atoms with Crippen molar-refractivity contribution in [2.75, 3.05) is 38.5 Å². The van der Waals surface area contributed by atoms with Crippen LogP contribution in [0.1, 0.15) is 12.5 Å². The van der Waals surface area contributed by atoms with Gasteiger partial charge in [-0.1, -0.05) is 60.8 Å². The third-order valence-electron chi connectivity index (χ3n) is 5.22. The van der Waals surface area contributed by atoms with Gasteiger partial charge in [-0.25, -0.2) is 5.01 Å². The quantitative estimate of drug-likeness (QED) is 0.178. The van der Waals surface area contributed by atoms with Crippen molar-refractivity contribution >= 4 is 40.0 Å². The van der Waals surface area contributed by atoms with Crippen molar-refractivity contribution in [3.8, 4) is 0 Å². The molecule has 0 unspecified atom stereocenters. The van der Waals surface area contributed by atoms with E-state index in [-0.39, 0.29) is 0 Å². The van der Waals surface area contributed by atoms with E-state index in [9.17, 15) is 0 Å². The lowest BCUT2D eigenvalue weighted by Gasteiger charge is -2.35. The number of hydrogen-bond donors (Lipinski definition) is 2. The number of pyridine rings is 1. The summed E-state index contributed by atoms with van der Waals surface area (Å²) >= 11 is 4.94. The van der Waals surface area contributed by atoms with Gasteiger partial charge in [0.25, 0.3) is 0 Å². The summed E-state index contributed by atoms with van der Waals surface area (Å²) in [4.78, 5) is 4.45. The molecule has 166 valence electrons. The Bertz CT molecular complexity index is 1040. The lowest BCUT2D eigenvalue weighted by atomic mass is 10.1. The first-order chi connectivity index (χ1) is 15.7. The number of aromatic nitrogens is 1. The SMILES string of the molecule is C/C=C\C=C(\c1ccccc1)N(C)N(CCNC=S)CCNc1cccc2ncccc12. The molecule has 1 heterocycles. The van der Waals surface area contributed by atoms with E-state index in [1.54, 1.807) is 5.49 Å². The van der Waals surface area contributed by atoms with E-state index < -0.39 is 0 Å². The Kier molecular flexibility index (Phi) is 9.22. The fourth-order valence-corrected chi connectivity index (χ4v) is 3.70. The number of thiocarbonyl (C=S) groups is 1. The Morgan fingerprint density at radius 3 is 2.59 bits per heavy atom. The van der Waals surface area contributed by atoms with E-state index in [0.717, 1.165) is 48.5 Å². The Labute approximate surface area is 196 Å². The third-order valence-corrected chi connectivity index (χ3v) is 5.38. The van der Waals surface area contributed by atoms with Gasteiger partial charge >= 0.3 is 0 Å². The smallest absolute Gasteiger partial charge is 0.0722 e. The lowest BCUT2D eigenvalue weighted by Crippen LogP contribution is -2.44. The molecular weight excluding hydrogens is 414 g/mol. The molecule has 0 aliphatic heterocycles. The van der Waals surface area contributed by atoms with Crippen LogP contribution in [0.4, 0.5) is 5.69 Å². The van der Waals surface area contributed by atoms with Crippen molar-refractivity contribution in [1.29, 1.82) is 0 Å². The minimum absolute atomic E-state index is 0.776. The van der Waals surface area contributed by atoms with E-state index in [0.29, 0.717) is 0 Å². The molecule has 0 spiro atoms. The van der Waals surface area contributed by atoms with Crippen LogP contribution in [0.25, 0.3) is 16.6 Å². The first-order valence-electron chi connectivity index (χ1n) is 10.9. The monoisotopic (exact) mass is 445 g/mol. The van der Waals surface area contributed by atoms with Gasteiger partial charge in [0.05, 0.1) is 16.7 Å². The average molecular weight is 446 g/mol. The van der Waals surface area contributed by atoms with Gasteiger partial charge in [0.2, 0.25) is 0 Å². The predicted molar refractivity (Wildman–Crippen MR) is 140 cm³/mol. The van der Waals surface area contributed by atoms with Gasteiger partial charge in [-0.05, 0) is 42.8 Å². The highest BCUT2D eigenvalue weighted by Crippen LogP contribution is 2.22. The number of benzene rings is 2. The molecular formula is C26H31N5S. The highest BCUT2D eigenvalue weighted by atomic mass is 32.1. The molecule has 5 nitrogen and oxygen atoms in total. The van der Waals surface area contributed by atoms with E-state index >= 15 is 0 Å². The zero-order valence-corrected chi connectivity index (χ0v) is 19.6. The fourth-order valence-electron chi connectivity index (χ4n) is 3.58. The number of allylic oxidation sites excluding steroid dienone is 3. The summed E-state index contributed by atoms with van der Waals surface area (Å²) in [6.45, 7) is 5.25. The van der Waals surface area contributed by atoms with Crippen molar-refractivity contribution in [1.82, 2.24) is 20.3 Å². The van der Waals surface area contributed by atoms with Crippen molar-refractivity contribution < 1.29 is 0 Å². The molecule has 0 amide bonds. The van der Waals surface area contributed by atoms with Gasteiger partial charge in [0.15, 0.2) is 0 Å². The number of hydrazine groups is 1. The second-order valence-corrected chi connectivity index (χ2v) is 7.53. The van der Waals surface area contributed by atoms with Crippen LogP contribution in [0.15, 0.2) is 85.1 Å². The predicted octanol–water partition coefficient (Wildman–Crippen LogP) is 4.96. The van der Waals surface area contributed by atoms with Crippen LogP contribution in [0.5, 0.6) is 0 Å². The number of nitrogens with zero attached hydrogens (tertiary/aromatic N) is 3. The summed E-state index contributed by atoms with van der Waals surface area (Å²) in [6, 6.07) is 20.7. The van der Waals surface area contributed by atoms with E-state index in [1.165, 1.54) is 5.56 Å². The number of hydrogen-bond acceptors (Lipinski definition) is 5. The Hall–Kier alpha value is -3.22. The molecule has 3 rings (SSSR count). The molecule has 32 heavy (non-hydrogen) atoms. The van der Waals surface area contributed by atoms with Gasteiger partial charge in [0, 0.05) is 50.5 Å². The van der Waals surface area contributed by atoms with Crippen molar-refractivity contribution in [2.45, 2.75) is 6.92 Å². The van der Waals surface area contributed by atoms with Crippen LogP contribution in [-0.2, 0) is 0 Å². The maximum absolute atomic E-state index is 4.94. The number of fused-ring (bicyclic) bond motifs is 1. The molecule has 2 N–H and O–H groups in total. The molecule has 6 heteroatoms. The lowest BCUT2D eigenvalue weighted by molar-refractivity contribution is 0.0662. The standard InChI is InChI=1S/C26H31N5S/c1-3-4-15-26(22-10-6-5-7-11-22)30(2)31(19-17-27-21-32)20-18-29-25-14-8-13-24-23(25)12-9-16-28-24/h3-16,21,29H,17-20H2,1-2H3,(H,27,32)/b4-3-,26-15-. The Balaban J connectivity index is 1.76. The normalized spacial score (nSPS) is 11.8. The molecule has 2 aromatic carbocycles. The van der Waals surface area contributed by atoms with Crippen LogP contribution >= 0.6 is 12.2 Å². The first kappa shape index (κ1) is 23.4. The summed E-state index contributed by atoms with van der Waals surface area (Å²) < 4.78 is 0. The van der Waals surface area contributed by atoms with Crippen LogP contribution in [0, 0.1) is 0 Å². The van der Waals surface area contributed by atoms with E-state index in [1.807, 2.05) is 43.5 Å². The van der Waals surface area contributed by atoms with E-state index in [2.05, 4.69) is 81.2 Å². The van der Waals surface area contributed by atoms with Crippen molar-refractivity contribution in [2.24, 2.45) is 0 Å². The van der Waals surface area contributed by atoms with Gasteiger partial charge < -0.3 is 15.6 Å². The maximum Gasteiger partial charge on any atom is 0.0722 e. The van der Waals surface area contributed by atoms with Crippen LogP contribution in [0.2, 0.25) is 0 Å². The second-order valence-electron chi connectivity index (χ2n) is 7.30. The number of anilines is 1. The molecule has 0 atom stereocenters. The molecule has 0 saturated heterocycles. The summed E-state index contributed by atoms with van der Waals surface area (Å²) in [6.07, 6.45) is 8.10. The molecule has 0 saturated carbocycles. The Morgan fingerprint density at radius 2 is 1.81 bits per heavy atom. The average Bonchev–Trinajstić information content (AvgIpc) is 2.84. The van der Waals surface area contributed by atoms with E-state index in [4.69, 9.17) is 12.2 Å². The van der Waals surface area contributed by atoms with Gasteiger partial charge in [-0.15, -0.1) is 0 Å². The number of rotatable bonds is 12. The minimum atomic E-state index is 0.776.